The number of hydrogen-bond acceptors (Lipinski definition) is 2. The molecule has 156 valence electrons. The highest BCUT2D eigenvalue weighted by atomic mass is 35.5. The minimum absolute atomic E-state index is 0.365. The lowest BCUT2D eigenvalue weighted by atomic mass is 9.99. The van der Waals surface area contributed by atoms with E-state index in [0.717, 1.165) is 47.5 Å². The number of carboxylic acids is 1. The Balaban J connectivity index is 2.06. The summed E-state index contributed by atoms with van der Waals surface area (Å²) >= 11 is 6.41. The fraction of sp³-hybridized carbons (Fsp3) is 0.280. The fourth-order valence-corrected chi connectivity index (χ4v) is 3.74. The molecule has 0 bridgehead atoms. The molecule has 1 aromatic heterocycles. The highest BCUT2D eigenvalue weighted by molar-refractivity contribution is 6.31. The molecule has 0 saturated carbocycles. The van der Waals surface area contributed by atoms with Gasteiger partial charge in [-0.15, -0.1) is 0 Å². The molecule has 0 aliphatic carbocycles. The zero-order valence-corrected chi connectivity index (χ0v) is 18.2. The van der Waals surface area contributed by atoms with E-state index in [-0.39, 0.29) is 0 Å². The van der Waals surface area contributed by atoms with Crippen LogP contribution in [0.15, 0.2) is 66.4 Å². The van der Waals surface area contributed by atoms with Crippen LogP contribution in [-0.2, 0) is 24.2 Å². The molecule has 0 atom stereocenters. The number of imidazole rings is 1. The van der Waals surface area contributed by atoms with Crippen LogP contribution >= 0.6 is 11.6 Å². The normalized spacial score (nSPS) is 12.0. The van der Waals surface area contributed by atoms with E-state index >= 15 is 0 Å². The molecule has 1 N–H and O–H groups in total. The Morgan fingerprint density at radius 1 is 1.10 bits per heavy atom. The third-order valence-corrected chi connectivity index (χ3v) is 5.67. The predicted molar refractivity (Wildman–Crippen MR) is 122 cm³/mol. The van der Waals surface area contributed by atoms with Crippen LogP contribution < -0.4 is 0 Å². The van der Waals surface area contributed by atoms with Crippen molar-refractivity contribution in [1.82, 2.24) is 9.55 Å². The van der Waals surface area contributed by atoms with E-state index in [4.69, 9.17) is 11.6 Å². The van der Waals surface area contributed by atoms with Crippen LogP contribution in [-0.4, -0.2) is 20.6 Å². The van der Waals surface area contributed by atoms with E-state index in [1.807, 2.05) is 61.5 Å². The molecule has 0 aliphatic heterocycles. The average Bonchev–Trinajstić information content (AvgIpc) is 3.14. The third kappa shape index (κ3) is 5.19. The summed E-state index contributed by atoms with van der Waals surface area (Å²) in [6, 6.07) is 17.4. The number of halogens is 1. The Hall–Kier alpha value is -2.85. The molecule has 0 saturated heterocycles. The first-order valence-electron chi connectivity index (χ1n) is 10.3. The van der Waals surface area contributed by atoms with Crippen molar-refractivity contribution in [2.45, 2.75) is 46.1 Å². The Kier molecular flexibility index (Phi) is 7.47. The monoisotopic (exact) mass is 422 g/mol. The number of unbranched alkanes of at least 4 members (excludes halogenated alkanes) is 1. The smallest absolute Gasteiger partial charge is 0.332 e. The van der Waals surface area contributed by atoms with Gasteiger partial charge in [0, 0.05) is 23.4 Å². The first-order chi connectivity index (χ1) is 14.5. The van der Waals surface area contributed by atoms with E-state index in [1.165, 1.54) is 0 Å². The number of rotatable bonds is 9. The first kappa shape index (κ1) is 21.8. The van der Waals surface area contributed by atoms with Crippen molar-refractivity contribution in [3.63, 3.8) is 0 Å². The lowest BCUT2D eigenvalue weighted by Crippen LogP contribution is -2.12. The summed E-state index contributed by atoms with van der Waals surface area (Å²) < 4.78 is 2.11. The molecule has 0 amide bonds. The molecular weight excluding hydrogens is 396 g/mol. The Morgan fingerprint density at radius 3 is 2.47 bits per heavy atom. The summed E-state index contributed by atoms with van der Waals surface area (Å²) in [4.78, 5) is 16.8. The van der Waals surface area contributed by atoms with Crippen molar-refractivity contribution in [2.24, 2.45) is 0 Å². The number of aryl methyl sites for hydroxylation is 1. The number of allylic oxidation sites excluding steroid dienone is 1. The van der Waals surface area contributed by atoms with Crippen LogP contribution in [0, 0.1) is 0 Å². The minimum atomic E-state index is -0.906. The van der Waals surface area contributed by atoms with E-state index in [2.05, 4.69) is 16.5 Å². The average molecular weight is 423 g/mol. The molecule has 0 fully saturated rings. The molecule has 3 rings (SSSR count). The number of carboxylic acid groups (broad SMARTS) is 1. The van der Waals surface area contributed by atoms with Crippen molar-refractivity contribution in [3.8, 4) is 0 Å². The maximum absolute atomic E-state index is 12.1. The molecule has 0 radical (unpaired) electrons. The third-order valence-electron chi connectivity index (χ3n) is 5.30. The van der Waals surface area contributed by atoms with Gasteiger partial charge in [-0.25, -0.2) is 9.78 Å². The van der Waals surface area contributed by atoms with Gasteiger partial charge in [-0.2, -0.15) is 0 Å². The van der Waals surface area contributed by atoms with Gasteiger partial charge in [0.1, 0.15) is 5.82 Å². The molecule has 1 heterocycles. The highest BCUT2D eigenvalue weighted by Crippen LogP contribution is 2.26. The standard InChI is InChI=1S/C25H27ClN2O2/c1-3-4-14-24-27-16-23(28(24)17-20-12-8-9-13-22(20)26)18(2)21(25(29)30)15-19-10-6-5-7-11-19/h5-13,16H,3-4,14-15,17H2,1-2H3,(H,29,30)/b21-18-. The van der Waals surface area contributed by atoms with Crippen LogP contribution in [0.1, 0.15) is 49.3 Å². The molecule has 2 aromatic carbocycles. The summed E-state index contributed by atoms with van der Waals surface area (Å²) in [5, 5.41) is 10.6. The lowest BCUT2D eigenvalue weighted by molar-refractivity contribution is -0.132. The van der Waals surface area contributed by atoms with Gasteiger partial charge in [-0.05, 0) is 36.1 Å². The van der Waals surface area contributed by atoms with Gasteiger partial charge in [-0.3, -0.25) is 0 Å². The van der Waals surface area contributed by atoms with Crippen LogP contribution in [0.4, 0.5) is 0 Å². The number of benzene rings is 2. The fourth-order valence-electron chi connectivity index (χ4n) is 3.54. The number of aliphatic carboxylic acids is 1. The minimum Gasteiger partial charge on any atom is -0.478 e. The Bertz CT molecular complexity index is 1040. The maximum Gasteiger partial charge on any atom is 0.332 e. The maximum atomic E-state index is 12.1. The van der Waals surface area contributed by atoms with Crippen LogP contribution in [0.3, 0.4) is 0 Å². The second-order valence-electron chi connectivity index (χ2n) is 7.41. The predicted octanol–water partition coefficient (Wildman–Crippen LogP) is 6.03. The summed E-state index contributed by atoms with van der Waals surface area (Å²) in [7, 11) is 0. The molecule has 3 aromatic rings. The molecular formula is C25H27ClN2O2. The van der Waals surface area contributed by atoms with Gasteiger partial charge in [0.05, 0.1) is 18.4 Å². The van der Waals surface area contributed by atoms with Crippen molar-refractivity contribution in [2.75, 3.05) is 0 Å². The van der Waals surface area contributed by atoms with Gasteiger partial charge in [0.25, 0.3) is 0 Å². The SMILES string of the molecule is CCCCc1ncc(/C(C)=C(/Cc2ccccc2)C(=O)O)n1Cc1ccccc1Cl. The van der Waals surface area contributed by atoms with Crippen molar-refractivity contribution < 1.29 is 9.90 Å². The summed E-state index contributed by atoms with van der Waals surface area (Å²) in [6.45, 7) is 4.58. The lowest BCUT2D eigenvalue weighted by Gasteiger charge is -2.15. The van der Waals surface area contributed by atoms with Gasteiger partial charge < -0.3 is 9.67 Å². The van der Waals surface area contributed by atoms with Crippen LogP contribution in [0.5, 0.6) is 0 Å². The zero-order valence-electron chi connectivity index (χ0n) is 17.4. The summed E-state index contributed by atoms with van der Waals surface area (Å²) in [5.41, 5.74) is 3.90. The van der Waals surface area contributed by atoms with Crippen molar-refractivity contribution in [3.05, 3.63) is 94.0 Å². The topological polar surface area (TPSA) is 55.1 Å². The van der Waals surface area contributed by atoms with Crippen molar-refractivity contribution >= 4 is 23.1 Å². The number of carbonyl (C=O) groups is 1. The largest absolute Gasteiger partial charge is 0.478 e. The second kappa shape index (κ2) is 10.3. The van der Waals surface area contributed by atoms with E-state index in [1.54, 1.807) is 6.20 Å². The quantitative estimate of drug-likeness (QED) is 0.428. The Morgan fingerprint density at radius 2 is 1.80 bits per heavy atom. The summed E-state index contributed by atoms with van der Waals surface area (Å²) in [5.74, 6) is 0.0486. The number of nitrogens with zero attached hydrogens (tertiary/aromatic N) is 2. The van der Waals surface area contributed by atoms with Gasteiger partial charge in [-0.1, -0.05) is 73.5 Å². The van der Waals surface area contributed by atoms with Gasteiger partial charge in [0.2, 0.25) is 0 Å². The van der Waals surface area contributed by atoms with E-state index < -0.39 is 5.97 Å². The summed E-state index contributed by atoms with van der Waals surface area (Å²) in [6.07, 6.45) is 5.10. The molecule has 0 aliphatic rings. The van der Waals surface area contributed by atoms with E-state index in [9.17, 15) is 9.90 Å². The van der Waals surface area contributed by atoms with Gasteiger partial charge in [0.15, 0.2) is 0 Å². The molecule has 0 unspecified atom stereocenters. The Labute approximate surface area is 182 Å². The van der Waals surface area contributed by atoms with E-state index in [0.29, 0.717) is 23.6 Å². The highest BCUT2D eigenvalue weighted by Gasteiger charge is 2.19. The van der Waals surface area contributed by atoms with Gasteiger partial charge >= 0.3 is 5.97 Å². The second-order valence-corrected chi connectivity index (χ2v) is 7.82. The molecule has 0 spiro atoms. The zero-order chi connectivity index (χ0) is 21.5. The number of hydrogen-bond donors (Lipinski definition) is 1. The number of aromatic nitrogens is 2. The molecule has 5 heteroatoms. The molecule has 4 nitrogen and oxygen atoms in total. The van der Waals surface area contributed by atoms with Crippen LogP contribution in [0.2, 0.25) is 5.02 Å². The van der Waals surface area contributed by atoms with Crippen molar-refractivity contribution in [1.29, 1.82) is 0 Å². The van der Waals surface area contributed by atoms with Crippen LogP contribution in [0.25, 0.3) is 5.57 Å². The molecule has 30 heavy (non-hydrogen) atoms. The first-order valence-corrected chi connectivity index (χ1v) is 10.6.